The third kappa shape index (κ3) is 2.35. The summed E-state index contributed by atoms with van der Waals surface area (Å²) in [7, 11) is 0. The quantitative estimate of drug-likeness (QED) is 0.774. The topological polar surface area (TPSA) is 46.3 Å². The Kier molecular flexibility index (Phi) is 3.60. The largest absolute Gasteiger partial charge is 0.398 e. The molecule has 0 aromatic heterocycles. The molecule has 0 aliphatic carbocycles. The minimum absolute atomic E-state index is 0.0874. The van der Waals surface area contributed by atoms with Crippen molar-refractivity contribution in [1.29, 1.82) is 0 Å². The van der Waals surface area contributed by atoms with Gasteiger partial charge in [0.2, 0.25) is 0 Å². The van der Waals surface area contributed by atoms with Crippen LogP contribution in [0.4, 0.5) is 5.69 Å². The summed E-state index contributed by atoms with van der Waals surface area (Å²) in [5.41, 5.74) is 8.18. The number of nitrogen functional groups attached to an aromatic ring is 1. The van der Waals surface area contributed by atoms with E-state index in [0.717, 1.165) is 25.1 Å². The summed E-state index contributed by atoms with van der Waals surface area (Å²) >= 11 is 0. The first kappa shape index (κ1) is 12.9. The summed E-state index contributed by atoms with van der Waals surface area (Å²) in [6, 6.07) is 5.64. The highest BCUT2D eigenvalue weighted by atomic mass is 16.2. The second-order valence-corrected chi connectivity index (χ2v) is 5.53. The first-order chi connectivity index (χ1) is 8.50. The number of likely N-dealkylation sites (tertiary alicyclic amines) is 1. The van der Waals surface area contributed by atoms with Crippen LogP contribution in [0.5, 0.6) is 0 Å². The SMILES string of the molecule is Cc1cccc(N)c1C(=O)N1CCC(C)C(C)C1. The Bertz CT molecular complexity index is 436. The Hall–Kier alpha value is -1.51. The van der Waals surface area contributed by atoms with E-state index in [0.29, 0.717) is 23.1 Å². The molecule has 0 saturated carbocycles. The maximum absolute atomic E-state index is 12.5. The molecule has 98 valence electrons. The number of benzene rings is 1. The first-order valence-electron chi connectivity index (χ1n) is 6.65. The Morgan fingerprint density at radius 2 is 2.06 bits per heavy atom. The van der Waals surface area contributed by atoms with Crippen LogP contribution in [-0.2, 0) is 0 Å². The average Bonchev–Trinajstić information content (AvgIpc) is 2.32. The van der Waals surface area contributed by atoms with E-state index in [-0.39, 0.29) is 5.91 Å². The van der Waals surface area contributed by atoms with Crippen LogP contribution in [0, 0.1) is 18.8 Å². The number of nitrogens with two attached hydrogens (primary N) is 1. The van der Waals surface area contributed by atoms with Crippen LogP contribution in [-0.4, -0.2) is 23.9 Å². The van der Waals surface area contributed by atoms with Crippen molar-refractivity contribution < 1.29 is 4.79 Å². The number of aryl methyl sites for hydroxylation is 1. The van der Waals surface area contributed by atoms with Gasteiger partial charge in [-0.05, 0) is 36.8 Å². The fourth-order valence-electron chi connectivity index (χ4n) is 2.59. The van der Waals surface area contributed by atoms with Crippen molar-refractivity contribution in [3.8, 4) is 0 Å². The van der Waals surface area contributed by atoms with E-state index in [9.17, 15) is 4.79 Å². The minimum Gasteiger partial charge on any atom is -0.398 e. The number of carbonyl (C=O) groups excluding carboxylic acids is 1. The molecule has 18 heavy (non-hydrogen) atoms. The molecule has 1 fully saturated rings. The second kappa shape index (κ2) is 5.01. The predicted molar refractivity (Wildman–Crippen MR) is 74.4 cm³/mol. The third-order valence-electron chi connectivity index (χ3n) is 4.14. The van der Waals surface area contributed by atoms with Gasteiger partial charge in [-0.2, -0.15) is 0 Å². The van der Waals surface area contributed by atoms with E-state index in [1.807, 2.05) is 24.0 Å². The molecule has 2 rings (SSSR count). The van der Waals surface area contributed by atoms with Gasteiger partial charge in [-0.1, -0.05) is 26.0 Å². The monoisotopic (exact) mass is 246 g/mol. The van der Waals surface area contributed by atoms with Crippen LogP contribution in [0.15, 0.2) is 18.2 Å². The molecule has 1 aliphatic heterocycles. The van der Waals surface area contributed by atoms with E-state index in [4.69, 9.17) is 5.73 Å². The molecule has 2 N–H and O–H groups in total. The zero-order valence-corrected chi connectivity index (χ0v) is 11.4. The zero-order valence-electron chi connectivity index (χ0n) is 11.4. The number of hydrogen-bond acceptors (Lipinski definition) is 2. The Morgan fingerprint density at radius 1 is 1.33 bits per heavy atom. The Morgan fingerprint density at radius 3 is 2.67 bits per heavy atom. The fourth-order valence-corrected chi connectivity index (χ4v) is 2.59. The molecule has 1 aromatic rings. The van der Waals surface area contributed by atoms with Crippen LogP contribution in [0.25, 0.3) is 0 Å². The van der Waals surface area contributed by atoms with Crippen LogP contribution in [0.1, 0.15) is 36.2 Å². The smallest absolute Gasteiger partial charge is 0.256 e. The molecule has 2 atom stereocenters. The lowest BCUT2D eigenvalue weighted by Crippen LogP contribution is -2.42. The van der Waals surface area contributed by atoms with Gasteiger partial charge in [0.05, 0.1) is 5.56 Å². The molecular weight excluding hydrogens is 224 g/mol. The van der Waals surface area contributed by atoms with Gasteiger partial charge in [0.1, 0.15) is 0 Å². The van der Waals surface area contributed by atoms with Gasteiger partial charge in [-0.25, -0.2) is 0 Å². The lowest BCUT2D eigenvalue weighted by atomic mass is 9.88. The molecule has 2 unspecified atom stereocenters. The Balaban J connectivity index is 2.22. The number of amides is 1. The summed E-state index contributed by atoms with van der Waals surface area (Å²) in [4.78, 5) is 14.5. The molecule has 1 heterocycles. The number of rotatable bonds is 1. The molecule has 0 radical (unpaired) electrons. The molecule has 3 nitrogen and oxygen atoms in total. The first-order valence-corrected chi connectivity index (χ1v) is 6.65. The van der Waals surface area contributed by atoms with E-state index >= 15 is 0 Å². The van der Waals surface area contributed by atoms with Gasteiger partial charge in [0.25, 0.3) is 5.91 Å². The van der Waals surface area contributed by atoms with E-state index in [2.05, 4.69) is 13.8 Å². The minimum atomic E-state index is 0.0874. The molecular formula is C15H22N2O. The van der Waals surface area contributed by atoms with Gasteiger partial charge in [-0.3, -0.25) is 4.79 Å². The predicted octanol–water partition coefficient (Wildman–Crippen LogP) is 2.70. The summed E-state index contributed by atoms with van der Waals surface area (Å²) < 4.78 is 0. The van der Waals surface area contributed by atoms with Crippen molar-refractivity contribution in [1.82, 2.24) is 4.90 Å². The lowest BCUT2D eigenvalue weighted by Gasteiger charge is -2.35. The van der Waals surface area contributed by atoms with E-state index < -0.39 is 0 Å². The normalized spacial score (nSPS) is 24.1. The standard InChI is InChI=1S/C15H22N2O/c1-10-7-8-17(9-12(10)3)15(18)14-11(2)5-4-6-13(14)16/h4-6,10,12H,7-9,16H2,1-3H3. The van der Waals surface area contributed by atoms with Crippen molar-refractivity contribution in [3.05, 3.63) is 29.3 Å². The maximum atomic E-state index is 12.5. The third-order valence-corrected chi connectivity index (χ3v) is 4.14. The molecule has 1 amide bonds. The number of piperidine rings is 1. The van der Waals surface area contributed by atoms with Crippen LogP contribution in [0.2, 0.25) is 0 Å². The van der Waals surface area contributed by atoms with Gasteiger partial charge in [0.15, 0.2) is 0 Å². The van der Waals surface area contributed by atoms with Crippen LogP contribution in [0.3, 0.4) is 0 Å². The second-order valence-electron chi connectivity index (χ2n) is 5.53. The van der Waals surface area contributed by atoms with E-state index in [1.165, 1.54) is 0 Å². The molecule has 0 bridgehead atoms. The average molecular weight is 246 g/mol. The van der Waals surface area contributed by atoms with E-state index in [1.54, 1.807) is 6.07 Å². The van der Waals surface area contributed by atoms with Gasteiger partial charge in [0, 0.05) is 18.8 Å². The number of carbonyl (C=O) groups is 1. The summed E-state index contributed by atoms with van der Waals surface area (Å²) in [5, 5.41) is 0. The number of anilines is 1. The summed E-state index contributed by atoms with van der Waals surface area (Å²) in [5.74, 6) is 1.35. The Labute approximate surface area is 109 Å². The van der Waals surface area contributed by atoms with Gasteiger partial charge < -0.3 is 10.6 Å². The lowest BCUT2D eigenvalue weighted by molar-refractivity contribution is 0.0628. The van der Waals surface area contributed by atoms with Crippen molar-refractivity contribution in [2.75, 3.05) is 18.8 Å². The molecule has 0 spiro atoms. The molecule has 1 saturated heterocycles. The number of hydrogen-bond donors (Lipinski definition) is 1. The summed E-state index contributed by atoms with van der Waals surface area (Å²) in [6.45, 7) is 8.10. The van der Waals surface area contributed by atoms with Crippen LogP contribution >= 0.6 is 0 Å². The molecule has 1 aliphatic rings. The highest BCUT2D eigenvalue weighted by Crippen LogP contribution is 2.26. The van der Waals surface area contributed by atoms with Crippen LogP contribution < -0.4 is 5.73 Å². The maximum Gasteiger partial charge on any atom is 0.256 e. The highest BCUT2D eigenvalue weighted by Gasteiger charge is 2.27. The molecule has 3 heteroatoms. The molecule has 1 aromatic carbocycles. The van der Waals surface area contributed by atoms with Crippen molar-refractivity contribution >= 4 is 11.6 Å². The van der Waals surface area contributed by atoms with Gasteiger partial charge >= 0.3 is 0 Å². The van der Waals surface area contributed by atoms with Crippen molar-refractivity contribution in [3.63, 3.8) is 0 Å². The zero-order chi connectivity index (χ0) is 13.3. The van der Waals surface area contributed by atoms with Crippen molar-refractivity contribution in [2.45, 2.75) is 27.2 Å². The fraction of sp³-hybridized carbons (Fsp3) is 0.533. The van der Waals surface area contributed by atoms with Crippen molar-refractivity contribution in [2.24, 2.45) is 11.8 Å². The number of nitrogens with zero attached hydrogens (tertiary/aromatic N) is 1. The van der Waals surface area contributed by atoms with Gasteiger partial charge in [-0.15, -0.1) is 0 Å². The summed E-state index contributed by atoms with van der Waals surface area (Å²) in [6.07, 6.45) is 1.08. The highest BCUT2D eigenvalue weighted by molar-refractivity contribution is 6.00.